The predicted octanol–water partition coefficient (Wildman–Crippen LogP) is -0.933. The van der Waals surface area contributed by atoms with Crippen molar-refractivity contribution in [2.24, 2.45) is 0 Å². The van der Waals surface area contributed by atoms with E-state index in [-0.39, 0.29) is 12.5 Å². The fourth-order valence-electron chi connectivity index (χ4n) is 0.680. The second kappa shape index (κ2) is 4.45. The Morgan fingerprint density at radius 1 is 1.83 bits per heavy atom. The molecule has 0 radical (unpaired) electrons. The molecule has 0 aliphatic heterocycles. The molecule has 0 fully saturated rings. The number of carbonyl (C=O) groups is 1. The predicted molar refractivity (Wildman–Crippen MR) is 40.1 cm³/mol. The molecule has 6 nitrogen and oxygen atoms in total. The van der Waals surface area contributed by atoms with Crippen LogP contribution in [0.15, 0.2) is 6.33 Å². The van der Waals surface area contributed by atoms with Crippen LogP contribution in [0.5, 0.6) is 0 Å². The van der Waals surface area contributed by atoms with Crippen molar-refractivity contribution in [2.45, 2.75) is 6.54 Å². The summed E-state index contributed by atoms with van der Waals surface area (Å²) in [6.45, 7) is 0.413. The number of aromatic amines is 1. The third kappa shape index (κ3) is 2.67. The first-order valence-electron chi connectivity index (χ1n) is 3.43. The molecule has 0 aliphatic rings. The molecule has 0 aromatic carbocycles. The molecule has 1 amide bonds. The van der Waals surface area contributed by atoms with E-state index in [1.165, 1.54) is 13.4 Å². The molecule has 0 bridgehead atoms. The Hall–Kier alpha value is -1.43. The van der Waals surface area contributed by atoms with Gasteiger partial charge in [-0.3, -0.25) is 9.89 Å². The van der Waals surface area contributed by atoms with E-state index in [2.05, 4.69) is 25.2 Å². The van der Waals surface area contributed by atoms with E-state index in [1.807, 2.05) is 0 Å². The molecular formula is C6H10N4O2. The van der Waals surface area contributed by atoms with Crippen molar-refractivity contribution in [3.05, 3.63) is 12.2 Å². The van der Waals surface area contributed by atoms with E-state index in [0.717, 1.165) is 0 Å². The van der Waals surface area contributed by atoms with Crippen LogP contribution in [0.2, 0.25) is 0 Å². The number of hydrogen-bond donors (Lipinski definition) is 2. The number of rotatable bonds is 4. The first-order chi connectivity index (χ1) is 5.83. The number of hydrogen-bond acceptors (Lipinski definition) is 4. The molecule has 66 valence electrons. The van der Waals surface area contributed by atoms with Crippen molar-refractivity contribution in [3.63, 3.8) is 0 Å². The van der Waals surface area contributed by atoms with Gasteiger partial charge in [0, 0.05) is 7.11 Å². The zero-order valence-corrected chi connectivity index (χ0v) is 6.70. The number of nitrogens with zero attached hydrogens (tertiary/aromatic N) is 2. The van der Waals surface area contributed by atoms with Gasteiger partial charge in [0.2, 0.25) is 5.91 Å². The molecule has 0 saturated heterocycles. The van der Waals surface area contributed by atoms with Crippen LogP contribution >= 0.6 is 0 Å². The lowest BCUT2D eigenvalue weighted by Gasteiger charge is -2.00. The lowest BCUT2D eigenvalue weighted by atomic mass is 10.5. The summed E-state index contributed by atoms with van der Waals surface area (Å²) >= 11 is 0. The van der Waals surface area contributed by atoms with Crippen LogP contribution in [0.4, 0.5) is 0 Å². The van der Waals surface area contributed by atoms with Crippen molar-refractivity contribution < 1.29 is 9.53 Å². The number of amides is 1. The van der Waals surface area contributed by atoms with E-state index in [0.29, 0.717) is 12.4 Å². The van der Waals surface area contributed by atoms with Gasteiger partial charge in [0.1, 0.15) is 18.8 Å². The van der Waals surface area contributed by atoms with E-state index >= 15 is 0 Å². The maximum atomic E-state index is 10.8. The van der Waals surface area contributed by atoms with Gasteiger partial charge in [-0.15, -0.1) is 0 Å². The number of aromatic nitrogens is 3. The highest BCUT2D eigenvalue weighted by molar-refractivity contribution is 5.76. The molecule has 0 aliphatic carbocycles. The van der Waals surface area contributed by atoms with Crippen LogP contribution in [0.3, 0.4) is 0 Å². The second-order valence-electron chi connectivity index (χ2n) is 2.14. The number of nitrogens with one attached hydrogen (secondary N) is 2. The first-order valence-corrected chi connectivity index (χ1v) is 3.43. The van der Waals surface area contributed by atoms with E-state index in [9.17, 15) is 4.79 Å². The summed E-state index contributed by atoms with van der Waals surface area (Å²) < 4.78 is 4.62. The van der Waals surface area contributed by atoms with Gasteiger partial charge in [-0.2, -0.15) is 5.10 Å². The van der Waals surface area contributed by atoms with Gasteiger partial charge in [-0.25, -0.2) is 4.98 Å². The minimum absolute atomic E-state index is 0.0636. The Morgan fingerprint density at radius 3 is 3.25 bits per heavy atom. The third-order valence-electron chi connectivity index (χ3n) is 1.19. The van der Waals surface area contributed by atoms with Crippen LogP contribution in [0.1, 0.15) is 5.82 Å². The quantitative estimate of drug-likeness (QED) is 0.611. The van der Waals surface area contributed by atoms with E-state index < -0.39 is 0 Å². The van der Waals surface area contributed by atoms with Gasteiger partial charge in [-0.05, 0) is 0 Å². The van der Waals surface area contributed by atoms with Gasteiger partial charge >= 0.3 is 0 Å². The minimum atomic E-state index is -0.172. The lowest BCUT2D eigenvalue weighted by molar-refractivity contribution is -0.124. The van der Waals surface area contributed by atoms with Gasteiger partial charge < -0.3 is 10.1 Å². The summed E-state index contributed by atoms with van der Waals surface area (Å²) in [6.07, 6.45) is 1.39. The normalized spacial score (nSPS) is 9.75. The van der Waals surface area contributed by atoms with Crippen LogP contribution in [-0.2, 0) is 16.1 Å². The molecule has 0 saturated carbocycles. The number of carbonyl (C=O) groups excluding carboxylic acids is 1. The molecule has 2 N–H and O–H groups in total. The van der Waals surface area contributed by atoms with Gasteiger partial charge in [0.15, 0.2) is 0 Å². The SMILES string of the molecule is COCC(=O)NCc1ncn[nH]1. The highest BCUT2D eigenvalue weighted by Crippen LogP contribution is 1.83. The minimum Gasteiger partial charge on any atom is -0.375 e. The standard InChI is InChI=1S/C6H10N4O2/c1-12-3-6(11)7-2-5-8-4-9-10-5/h4H,2-3H2,1H3,(H,7,11)(H,8,9,10). The molecule has 1 aromatic rings. The molecule has 0 atom stereocenters. The van der Waals surface area contributed by atoms with Crippen molar-refractivity contribution in [2.75, 3.05) is 13.7 Å². The summed E-state index contributed by atoms with van der Waals surface area (Å²) in [5.74, 6) is 0.452. The summed E-state index contributed by atoms with van der Waals surface area (Å²) in [4.78, 5) is 14.7. The topological polar surface area (TPSA) is 79.9 Å². The Morgan fingerprint density at radius 2 is 2.67 bits per heavy atom. The fourth-order valence-corrected chi connectivity index (χ4v) is 0.680. The molecule has 6 heteroatoms. The van der Waals surface area contributed by atoms with Crippen molar-refractivity contribution in [3.8, 4) is 0 Å². The Balaban J connectivity index is 2.22. The Bertz CT molecular complexity index is 234. The number of H-pyrrole nitrogens is 1. The van der Waals surface area contributed by atoms with Crippen LogP contribution < -0.4 is 5.32 Å². The fraction of sp³-hybridized carbons (Fsp3) is 0.500. The summed E-state index contributed by atoms with van der Waals surface area (Å²) in [6, 6.07) is 0. The smallest absolute Gasteiger partial charge is 0.246 e. The van der Waals surface area contributed by atoms with Crippen molar-refractivity contribution >= 4 is 5.91 Å². The van der Waals surface area contributed by atoms with Crippen LogP contribution in [0.25, 0.3) is 0 Å². The van der Waals surface area contributed by atoms with E-state index in [4.69, 9.17) is 0 Å². The van der Waals surface area contributed by atoms with Gasteiger partial charge in [-0.1, -0.05) is 0 Å². The van der Waals surface area contributed by atoms with E-state index in [1.54, 1.807) is 0 Å². The number of methoxy groups -OCH3 is 1. The summed E-state index contributed by atoms with van der Waals surface area (Å²) in [5.41, 5.74) is 0. The van der Waals surface area contributed by atoms with Gasteiger partial charge in [0.25, 0.3) is 0 Å². The monoisotopic (exact) mass is 170 g/mol. The average Bonchev–Trinajstić information content (AvgIpc) is 2.53. The second-order valence-corrected chi connectivity index (χ2v) is 2.14. The Kier molecular flexibility index (Phi) is 3.21. The highest BCUT2D eigenvalue weighted by atomic mass is 16.5. The maximum absolute atomic E-state index is 10.8. The summed E-state index contributed by atoms with van der Waals surface area (Å²) in [7, 11) is 1.47. The molecule has 12 heavy (non-hydrogen) atoms. The van der Waals surface area contributed by atoms with Crippen LogP contribution in [0, 0.1) is 0 Å². The zero-order chi connectivity index (χ0) is 8.81. The largest absolute Gasteiger partial charge is 0.375 e. The third-order valence-corrected chi connectivity index (χ3v) is 1.19. The summed E-state index contributed by atoms with van der Waals surface area (Å²) in [5, 5.41) is 8.83. The molecule has 0 spiro atoms. The Labute approximate surface area is 69.3 Å². The highest BCUT2D eigenvalue weighted by Gasteiger charge is 2.00. The zero-order valence-electron chi connectivity index (χ0n) is 6.70. The molecular weight excluding hydrogens is 160 g/mol. The van der Waals surface area contributed by atoms with Crippen molar-refractivity contribution in [1.29, 1.82) is 0 Å². The first kappa shape index (κ1) is 8.66. The maximum Gasteiger partial charge on any atom is 0.246 e. The van der Waals surface area contributed by atoms with Crippen LogP contribution in [-0.4, -0.2) is 34.8 Å². The average molecular weight is 170 g/mol. The molecule has 0 unspecified atom stereocenters. The lowest BCUT2D eigenvalue weighted by Crippen LogP contribution is -2.26. The van der Waals surface area contributed by atoms with Crippen molar-refractivity contribution in [1.82, 2.24) is 20.5 Å². The molecule has 1 aromatic heterocycles. The molecule has 1 rings (SSSR count). The van der Waals surface area contributed by atoms with Gasteiger partial charge in [0.05, 0.1) is 6.54 Å². The molecule has 1 heterocycles. The number of ether oxygens (including phenoxy) is 1.